The predicted molar refractivity (Wildman–Crippen MR) is 78.1 cm³/mol. The Bertz CT molecular complexity index is 524. The Hall–Kier alpha value is -1.61. The number of H-pyrrole nitrogens is 1. The number of aromatic nitrogens is 2. The first-order valence-electron chi connectivity index (χ1n) is 7.17. The van der Waals surface area contributed by atoms with Crippen LogP contribution in [0, 0.1) is 6.92 Å². The van der Waals surface area contributed by atoms with Gasteiger partial charge in [-0.3, -0.25) is 0 Å². The van der Waals surface area contributed by atoms with E-state index in [1.54, 1.807) is 0 Å². The molecule has 3 nitrogen and oxygen atoms in total. The molecule has 2 heterocycles. The third kappa shape index (κ3) is 2.87. The third-order valence-corrected chi connectivity index (χ3v) is 3.83. The molecule has 1 aromatic carbocycles. The fourth-order valence-electron chi connectivity index (χ4n) is 2.83. The molecule has 0 bridgehead atoms. The summed E-state index contributed by atoms with van der Waals surface area (Å²) < 4.78 is 0. The summed E-state index contributed by atoms with van der Waals surface area (Å²) in [6.45, 7) is 3.25. The van der Waals surface area contributed by atoms with E-state index in [-0.39, 0.29) is 0 Å². The van der Waals surface area contributed by atoms with Crippen molar-refractivity contribution in [1.82, 2.24) is 15.3 Å². The summed E-state index contributed by atoms with van der Waals surface area (Å²) in [5, 5.41) is 3.58. The lowest BCUT2D eigenvalue weighted by Crippen LogP contribution is -2.35. The quantitative estimate of drug-likeness (QED) is 0.885. The minimum Gasteiger partial charge on any atom is -0.346 e. The van der Waals surface area contributed by atoms with Gasteiger partial charge in [-0.2, -0.15) is 0 Å². The van der Waals surface area contributed by atoms with Gasteiger partial charge in [-0.05, 0) is 26.3 Å². The number of nitrogens with zero attached hydrogens (tertiary/aromatic N) is 1. The lowest BCUT2D eigenvalue weighted by molar-refractivity contribution is 0.395. The molecule has 1 fully saturated rings. The van der Waals surface area contributed by atoms with Crippen LogP contribution in [0.2, 0.25) is 0 Å². The number of aromatic amines is 1. The summed E-state index contributed by atoms with van der Waals surface area (Å²) in [5.41, 5.74) is 3.45. The molecule has 2 N–H and O–H groups in total. The van der Waals surface area contributed by atoms with Gasteiger partial charge in [0.05, 0.1) is 5.69 Å². The molecule has 1 aliphatic rings. The van der Waals surface area contributed by atoms with Crippen LogP contribution in [0.25, 0.3) is 11.3 Å². The molecule has 3 heteroatoms. The minimum absolute atomic E-state index is 0.586. The highest BCUT2D eigenvalue weighted by atomic mass is 15.0. The number of piperidine rings is 1. The fourth-order valence-corrected chi connectivity index (χ4v) is 2.83. The number of nitrogens with one attached hydrogen (secondary N) is 2. The van der Waals surface area contributed by atoms with E-state index < -0.39 is 0 Å². The summed E-state index contributed by atoms with van der Waals surface area (Å²) in [6, 6.07) is 11.0. The molecule has 1 aliphatic heterocycles. The van der Waals surface area contributed by atoms with Crippen molar-refractivity contribution in [2.24, 2.45) is 0 Å². The van der Waals surface area contributed by atoms with Gasteiger partial charge in [0.2, 0.25) is 0 Å². The molecular weight excluding hydrogens is 234 g/mol. The molecule has 0 aliphatic carbocycles. The van der Waals surface area contributed by atoms with E-state index in [2.05, 4.69) is 41.5 Å². The summed E-state index contributed by atoms with van der Waals surface area (Å²) in [7, 11) is 0. The number of aryl methyl sites for hydroxylation is 1. The zero-order valence-corrected chi connectivity index (χ0v) is 11.4. The number of hydrogen-bond donors (Lipinski definition) is 2. The SMILES string of the molecule is Cc1[nH]c(CC2CCCCN2)nc1-c1ccccc1. The Morgan fingerprint density at radius 3 is 2.79 bits per heavy atom. The van der Waals surface area contributed by atoms with Crippen molar-refractivity contribution in [2.45, 2.75) is 38.6 Å². The van der Waals surface area contributed by atoms with Crippen molar-refractivity contribution in [3.8, 4) is 11.3 Å². The van der Waals surface area contributed by atoms with Gasteiger partial charge in [0.1, 0.15) is 5.82 Å². The normalized spacial score (nSPS) is 19.5. The van der Waals surface area contributed by atoms with E-state index in [4.69, 9.17) is 4.98 Å². The second-order valence-corrected chi connectivity index (χ2v) is 5.37. The molecule has 0 radical (unpaired) electrons. The highest BCUT2D eigenvalue weighted by Gasteiger charge is 2.16. The largest absolute Gasteiger partial charge is 0.346 e. The first-order valence-corrected chi connectivity index (χ1v) is 7.17. The standard InChI is InChI=1S/C16H21N3/c1-12-16(13-7-3-2-4-8-13)19-15(18-12)11-14-9-5-6-10-17-14/h2-4,7-8,14,17H,5-6,9-11H2,1H3,(H,18,19). The smallest absolute Gasteiger partial charge is 0.108 e. The van der Waals surface area contributed by atoms with Crippen LogP contribution in [-0.2, 0) is 6.42 Å². The second kappa shape index (κ2) is 5.57. The van der Waals surface area contributed by atoms with Crippen molar-refractivity contribution < 1.29 is 0 Å². The van der Waals surface area contributed by atoms with Gasteiger partial charge in [0.25, 0.3) is 0 Å². The van der Waals surface area contributed by atoms with Gasteiger partial charge in [0, 0.05) is 23.7 Å². The molecule has 0 saturated carbocycles. The molecule has 1 unspecified atom stereocenters. The topological polar surface area (TPSA) is 40.7 Å². The van der Waals surface area contributed by atoms with E-state index >= 15 is 0 Å². The van der Waals surface area contributed by atoms with Gasteiger partial charge in [-0.1, -0.05) is 36.8 Å². The van der Waals surface area contributed by atoms with E-state index in [0.29, 0.717) is 6.04 Å². The first-order chi connectivity index (χ1) is 9.33. The molecule has 19 heavy (non-hydrogen) atoms. The molecular formula is C16H21N3. The number of benzene rings is 1. The van der Waals surface area contributed by atoms with Crippen LogP contribution in [0.1, 0.15) is 30.8 Å². The molecule has 0 spiro atoms. The lowest BCUT2D eigenvalue weighted by atomic mass is 10.0. The maximum absolute atomic E-state index is 4.78. The zero-order valence-electron chi connectivity index (χ0n) is 11.4. The minimum atomic E-state index is 0.586. The van der Waals surface area contributed by atoms with Gasteiger partial charge in [-0.15, -0.1) is 0 Å². The van der Waals surface area contributed by atoms with E-state index in [1.165, 1.54) is 24.8 Å². The maximum atomic E-state index is 4.78. The van der Waals surface area contributed by atoms with Crippen LogP contribution >= 0.6 is 0 Å². The van der Waals surface area contributed by atoms with E-state index in [9.17, 15) is 0 Å². The monoisotopic (exact) mass is 255 g/mol. The maximum Gasteiger partial charge on any atom is 0.108 e. The Morgan fingerprint density at radius 2 is 2.05 bits per heavy atom. The van der Waals surface area contributed by atoms with Crippen LogP contribution in [0.4, 0.5) is 0 Å². The van der Waals surface area contributed by atoms with Crippen LogP contribution in [0.15, 0.2) is 30.3 Å². The van der Waals surface area contributed by atoms with Crippen molar-refractivity contribution >= 4 is 0 Å². The zero-order chi connectivity index (χ0) is 13.1. The van der Waals surface area contributed by atoms with Gasteiger partial charge in [-0.25, -0.2) is 4.98 Å². The highest BCUT2D eigenvalue weighted by Crippen LogP contribution is 2.21. The Kier molecular flexibility index (Phi) is 3.65. The molecule has 1 atom stereocenters. The molecule has 1 aromatic heterocycles. The third-order valence-electron chi connectivity index (χ3n) is 3.83. The van der Waals surface area contributed by atoms with Crippen molar-refractivity contribution in [3.63, 3.8) is 0 Å². The molecule has 0 amide bonds. The lowest BCUT2D eigenvalue weighted by Gasteiger charge is -2.22. The Balaban J connectivity index is 1.77. The average Bonchev–Trinajstić information content (AvgIpc) is 2.82. The molecule has 1 saturated heterocycles. The van der Waals surface area contributed by atoms with Crippen LogP contribution < -0.4 is 5.32 Å². The van der Waals surface area contributed by atoms with Crippen molar-refractivity contribution in [1.29, 1.82) is 0 Å². The average molecular weight is 255 g/mol. The summed E-state index contributed by atoms with van der Waals surface area (Å²) in [4.78, 5) is 8.22. The van der Waals surface area contributed by atoms with Crippen LogP contribution in [0.5, 0.6) is 0 Å². The van der Waals surface area contributed by atoms with E-state index in [1.807, 2.05) is 6.07 Å². The summed E-state index contributed by atoms with van der Waals surface area (Å²) >= 11 is 0. The van der Waals surface area contributed by atoms with Crippen molar-refractivity contribution in [3.05, 3.63) is 41.9 Å². The summed E-state index contributed by atoms with van der Waals surface area (Å²) in [6.07, 6.45) is 4.92. The Morgan fingerprint density at radius 1 is 1.21 bits per heavy atom. The van der Waals surface area contributed by atoms with E-state index in [0.717, 1.165) is 30.2 Å². The number of rotatable bonds is 3. The van der Waals surface area contributed by atoms with Gasteiger partial charge >= 0.3 is 0 Å². The van der Waals surface area contributed by atoms with Gasteiger partial charge < -0.3 is 10.3 Å². The van der Waals surface area contributed by atoms with Crippen LogP contribution in [-0.4, -0.2) is 22.6 Å². The first kappa shape index (κ1) is 12.4. The molecule has 2 aromatic rings. The highest BCUT2D eigenvalue weighted by molar-refractivity contribution is 5.61. The Labute approximate surface area is 114 Å². The summed E-state index contributed by atoms with van der Waals surface area (Å²) in [5.74, 6) is 1.11. The molecule has 3 rings (SSSR count). The number of imidazole rings is 1. The fraction of sp³-hybridized carbons (Fsp3) is 0.438. The van der Waals surface area contributed by atoms with Crippen LogP contribution in [0.3, 0.4) is 0 Å². The van der Waals surface area contributed by atoms with Crippen molar-refractivity contribution in [2.75, 3.05) is 6.54 Å². The second-order valence-electron chi connectivity index (χ2n) is 5.37. The van der Waals surface area contributed by atoms with Gasteiger partial charge in [0.15, 0.2) is 0 Å². The predicted octanol–water partition coefficient (Wildman–Crippen LogP) is 3.07. The number of hydrogen-bond acceptors (Lipinski definition) is 2. The molecule has 100 valence electrons.